The highest BCUT2D eigenvalue weighted by Crippen LogP contribution is 2.34. The number of nitrogen functional groups attached to an aromatic ring is 1. The van der Waals surface area contributed by atoms with E-state index in [1.807, 2.05) is 0 Å². The zero-order valence-corrected chi connectivity index (χ0v) is 15.9. The van der Waals surface area contributed by atoms with E-state index in [4.69, 9.17) is 44.6 Å². The van der Waals surface area contributed by atoms with Gasteiger partial charge in [0.05, 0.1) is 23.5 Å². The second kappa shape index (κ2) is 8.82. The molecule has 0 unspecified atom stereocenters. The number of benzene rings is 1. The van der Waals surface area contributed by atoms with Crippen molar-refractivity contribution in [3.8, 4) is 11.3 Å². The van der Waals surface area contributed by atoms with Crippen LogP contribution in [0.4, 0.5) is 19.0 Å². The van der Waals surface area contributed by atoms with Gasteiger partial charge in [-0.15, -0.1) is 0 Å². The number of nitrogens with two attached hydrogens (primary N) is 2. The molecule has 1 aromatic carbocycles. The van der Waals surface area contributed by atoms with E-state index in [9.17, 15) is 18.3 Å². The summed E-state index contributed by atoms with van der Waals surface area (Å²) in [5.74, 6) is -2.39. The van der Waals surface area contributed by atoms with Crippen LogP contribution in [0.1, 0.15) is 11.1 Å². The molecule has 3 aromatic rings. The fourth-order valence-electron chi connectivity index (χ4n) is 2.31. The van der Waals surface area contributed by atoms with Gasteiger partial charge in [-0.25, -0.2) is 9.78 Å². The van der Waals surface area contributed by atoms with E-state index >= 15 is 0 Å². The number of carbonyl (C=O) groups is 1. The Kier molecular flexibility index (Phi) is 6.90. The molecule has 156 valence electrons. The van der Waals surface area contributed by atoms with Crippen LogP contribution in [0.3, 0.4) is 0 Å². The SMILES string of the molecule is NCc1c(-c2ccc(Cl)cc2Cl)nc2c(CO)cnn2c1N.O=C(O)C(F)(F)F. The van der Waals surface area contributed by atoms with Crippen molar-refractivity contribution in [2.24, 2.45) is 5.73 Å². The van der Waals surface area contributed by atoms with Crippen molar-refractivity contribution in [2.45, 2.75) is 19.3 Å². The average molecular weight is 452 g/mol. The van der Waals surface area contributed by atoms with Crippen molar-refractivity contribution < 1.29 is 28.2 Å². The summed E-state index contributed by atoms with van der Waals surface area (Å²) in [5.41, 5.74) is 14.9. The number of rotatable bonds is 3. The molecule has 0 aliphatic heterocycles. The second-order valence-corrected chi connectivity index (χ2v) is 6.36. The quantitative estimate of drug-likeness (QED) is 0.479. The largest absolute Gasteiger partial charge is 0.490 e. The minimum atomic E-state index is -5.08. The van der Waals surface area contributed by atoms with Crippen LogP contribution in [0.25, 0.3) is 16.9 Å². The van der Waals surface area contributed by atoms with E-state index in [0.29, 0.717) is 43.9 Å². The summed E-state index contributed by atoms with van der Waals surface area (Å²) < 4.78 is 33.2. The van der Waals surface area contributed by atoms with Crippen molar-refractivity contribution in [3.63, 3.8) is 0 Å². The number of aliphatic carboxylic acids is 1. The Morgan fingerprint density at radius 3 is 2.38 bits per heavy atom. The number of carboxylic acids is 1. The number of alkyl halides is 3. The Labute approximate surface area is 171 Å². The van der Waals surface area contributed by atoms with E-state index < -0.39 is 12.1 Å². The maximum atomic E-state index is 10.6. The number of halogens is 5. The standard InChI is InChI=1S/C14H13Cl2N5O.C2HF3O2/c15-8-1-2-9(11(16)3-8)12-10(4-17)13(18)21-14(20-12)7(6-22)5-19-21;3-2(4,5)1(6)7/h1-3,5,22H,4,6,17-18H2;(H,6,7). The van der Waals surface area contributed by atoms with Gasteiger partial charge in [0.1, 0.15) is 5.82 Å². The zero-order valence-electron chi connectivity index (χ0n) is 14.4. The van der Waals surface area contributed by atoms with Gasteiger partial charge < -0.3 is 21.7 Å². The lowest BCUT2D eigenvalue weighted by Crippen LogP contribution is -2.21. The molecule has 0 radical (unpaired) electrons. The minimum Gasteiger partial charge on any atom is -0.475 e. The third-order valence-electron chi connectivity index (χ3n) is 3.66. The topological polar surface area (TPSA) is 140 Å². The third kappa shape index (κ3) is 4.88. The summed E-state index contributed by atoms with van der Waals surface area (Å²) in [6.07, 6.45) is -3.56. The predicted octanol–water partition coefficient (Wildman–Crippen LogP) is 2.87. The van der Waals surface area contributed by atoms with Crippen LogP contribution < -0.4 is 11.5 Å². The highest BCUT2D eigenvalue weighted by molar-refractivity contribution is 6.36. The van der Waals surface area contributed by atoms with E-state index in [-0.39, 0.29) is 13.2 Å². The van der Waals surface area contributed by atoms with Crippen LogP contribution >= 0.6 is 23.2 Å². The van der Waals surface area contributed by atoms with Gasteiger partial charge in [0.2, 0.25) is 0 Å². The van der Waals surface area contributed by atoms with Crippen molar-refractivity contribution >= 4 is 40.6 Å². The Morgan fingerprint density at radius 2 is 1.90 bits per heavy atom. The number of nitrogens with zero attached hydrogens (tertiary/aromatic N) is 3. The van der Waals surface area contributed by atoms with E-state index in [0.717, 1.165) is 0 Å². The molecule has 3 rings (SSSR count). The molecule has 29 heavy (non-hydrogen) atoms. The second-order valence-electron chi connectivity index (χ2n) is 5.52. The van der Waals surface area contributed by atoms with Crippen LogP contribution in [0.2, 0.25) is 10.0 Å². The Bertz CT molecular complexity index is 1060. The van der Waals surface area contributed by atoms with Gasteiger partial charge in [-0.3, -0.25) is 0 Å². The van der Waals surface area contributed by atoms with Crippen molar-refractivity contribution in [2.75, 3.05) is 5.73 Å². The first kappa shape index (κ1) is 22.7. The number of anilines is 1. The summed E-state index contributed by atoms with van der Waals surface area (Å²) in [4.78, 5) is 13.4. The molecule has 0 amide bonds. The summed E-state index contributed by atoms with van der Waals surface area (Å²) in [6, 6.07) is 5.11. The van der Waals surface area contributed by atoms with Crippen molar-refractivity contribution in [1.29, 1.82) is 0 Å². The third-order valence-corrected chi connectivity index (χ3v) is 4.21. The normalized spacial score (nSPS) is 11.3. The number of fused-ring (bicyclic) bond motifs is 1. The van der Waals surface area contributed by atoms with Gasteiger partial charge in [0, 0.05) is 28.3 Å². The Morgan fingerprint density at radius 1 is 1.28 bits per heavy atom. The van der Waals surface area contributed by atoms with Gasteiger partial charge in [-0.1, -0.05) is 23.2 Å². The number of hydrogen-bond donors (Lipinski definition) is 4. The molecule has 0 fully saturated rings. The highest BCUT2D eigenvalue weighted by atomic mass is 35.5. The molecular formula is C16H14Cl2F3N5O3. The van der Waals surface area contributed by atoms with Gasteiger partial charge in [-0.05, 0) is 18.2 Å². The van der Waals surface area contributed by atoms with Crippen LogP contribution in [0.15, 0.2) is 24.4 Å². The number of hydrogen-bond acceptors (Lipinski definition) is 6. The minimum absolute atomic E-state index is 0.178. The molecule has 0 aliphatic carbocycles. The molecule has 0 bridgehead atoms. The number of aromatic nitrogens is 3. The summed E-state index contributed by atoms with van der Waals surface area (Å²) in [6.45, 7) is -0.0108. The first-order valence-electron chi connectivity index (χ1n) is 7.72. The fourth-order valence-corrected chi connectivity index (χ4v) is 2.81. The molecule has 0 atom stereocenters. The van der Waals surface area contributed by atoms with Gasteiger partial charge in [-0.2, -0.15) is 22.8 Å². The van der Waals surface area contributed by atoms with Gasteiger partial charge in [0.15, 0.2) is 5.65 Å². The monoisotopic (exact) mass is 451 g/mol. The molecule has 0 aliphatic rings. The Balaban J connectivity index is 0.000000370. The zero-order chi connectivity index (χ0) is 21.9. The Hall–Kier alpha value is -2.60. The first-order valence-corrected chi connectivity index (χ1v) is 8.48. The number of carboxylic acid groups (broad SMARTS) is 1. The van der Waals surface area contributed by atoms with Crippen molar-refractivity contribution in [1.82, 2.24) is 14.6 Å². The molecule has 0 saturated carbocycles. The predicted molar refractivity (Wildman–Crippen MR) is 100 cm³/mol. The van der Waals surface area contributed by atoms with E-state index in [2.05, 4.69) is 10.1 Å². The lowest BCUT2D eigenvalue weighted by molar-refractivity contribution is -0.192. The first-order chi connectivity index (χ1) is 13.5. The smallest absolute Gasteiger partial charge is 0.475 e. The van der Waals surface area contributed by atoms with Crippen LogP contribution in [-0.2, 0) is 17.9 Å². The molecule has 13 heteroatoms. The van der Waals surface area contributed by atoms with E-state index in [1.165, 1.54) is 10.7 Å². The molecular weight excluding hydrogens is 438 g/mol. The average Bonchev–Trinajstić information content (AvgIpc) is 3.05. The molecule has 0 spiro atoms. The van der Waals surface area contributed by atoms with Gasteiger partial charge in [0.25, 0.3) is 0 Å². The molecule has 8 nitrogen and oxygen atoms in total. The fraction of sp³-hybridized carbons (Fsp3) is 0.188. The number of aliphatic hydroxyl groups is 1. The molecule has 2 heterocycles. The van der Waals surface area contributed by atoms with Crippen LogP contribution in [-0.4, -0.2) is 37.0 Å². The maximum Gasteiger partial charge on any atom is 0.490 e. The summed E-state index contributed by atoms with van der Waals surface area (Å²) in [5, 5.41) is 21.6. The van der Waals surface area contributed by atoms with Crippen LogP contribution in [0, 0.1) is 0 Å². The highest BCUT2D eigenvalue weighted by Gasteiger charge is 2.38. The maximum absolute atomic E-state index is 10.6. The molecule has 2 aromatic heterocycles. The van der Waals surface area contributed by atoms with Gasteiger partial charge >= 0.3 is 12.1 Å². The summed E-state index contributed by atoms with van der Waals surface area (Å²) in [7, 11) is 0. The summed E-state index contributed by atoms with van der Waals surface area (Å²) >= 11 is 12.2. The molecule has 0 saturated heterocycles. The van der Waals surface area contributed by atoms with E-state index in [1.54, 1.807) is 18.2 Å². The molecule has 6 N–H and O–H groups in total. The van der Waals surface area contributed by atoms with Crippen molar-refractivity contribution in [3.05, 3.63) is 45.6 Å². The van der Waals surface area contributed by atoms with Crippen LogP contribution in [0.5, 0.6) is 0 Å². The number of aliphatic hydroxyl groups excluding tert-OH is 1. The lowest BCUT2D eigenvalue weighted by atomic mass is 10.1. The lowest BCUT2D eigenvalue weighted by Gasteiger charge is -2.13.